The fourth-order valence-electron chi connectivity index (χ4n) is 2.63. The smallest absolute Gasteiger partial charge is 0.221 e. The molecule has 0 bridgehead atoms. The van der Waals surface area contributed by atoms with Crippen LogP contribution in [0.25, 0.3) is 0 Å². The molecule has 0 radical (unpaired) electrons. The number of nitrogens with one attached hydrogen (secondary N) is 1. The molecule has 2 aromatic rings. The average Bonchev–Trinajstić information content (AvgIpc) is 2.73. The molecule has 5 heteroatoms. The van der Waals surface area contributed by atoms with Gasteiger partial charge in [0.05, 0.1) is 25.5 Å². The van der Waals surface area contributed by atoms with E-state index in [0.29, 0.717) is 19.6 Å². The molecule has 0 fully saturated rings. The van der Waals surface area contributed by atoms with Crippen molar-refractivity contribution >= 4 is 5.91 Å². The Morgan fingerprint density at radius 3 is 2.39 bits per heavy atom. The van der Waals surface area contributed by atoms with Gasteiger partial charge in [0, 0.05) is 13.0 Å². The number of benzene rings is 2. The fraction of sp³-hybridized carbons (Fsp3) is 0.304. The van der Waals surface area contributed by atoms with Crippen LogP contribution in [-0.4, -0.2) is 19.6 Å². The van der Waals surface area contributed by atoms with Gasteiger partial charge < -0.3 is 14.8 Å². The molecule has 2 aromatic carbocycles. The molecule has 5 nitrogen and oxygen atoms in total. The van der Waals surface area contributed by atoms with Crippen LogP contribution in [0.1, 0.15) is 36.8 Å². The molecule has 1 amide bonds. The SMILES string of the molecule is CC#C[C@@H](CC(=O)NCCC#N)c1ccc(OCc2ccc(OC)cc2)cc1. The average molecular weight is 376 g/mol. The van der Waals surface area contributed by atoms with Gasteiger partial charge >= 0.3 is 0 Å². The summed E-state index contributed by atoms with van der Waals surface area (Å²) in [5.41, 5.74) is 2.01. The van der Waals surface area contributed by atoms with Crippen molar-refractivity contribution in [2.24, 2.45) is 0 Å². The molecule has 0 aliphatic rings. The maximum Gasteiger partial charge on any atom is 0.221 e. The van der Waals surface area contributed by atoms with Crippen LogP contribution in [0.2, 0.25) is 0 Å². The standard InChI is InChI=1S/C23H24N2O3/c1-3-5-20(16-23(26)25-15-4-14-24)19-8-12-22(13-9-19)28-17-18-6-10-21(27-2)11-7-18/h6-13,20H,4,15-17H2,1-2H3,(H,25,26)/t20-/m0/s1. The Balaban J connectivity index is 1.94. The van der Waals surface area contributed by atoms with E-state index in [1.807, 2.05) is 54.6 Å². The van der Waals surface area contributed by atoms with Gasteiger partial charge in [0.15, 0.2) is 0 Å². The number of carbonyl (C=O) groups excluding carboxylic acids is 1. The van der Waals surface area contributed by atoms with Crippen molar-refractivity contribution in [2.75, 3.05) is 13.7 Å². The van der Waals surface area contributed by atoms with Crippen molar-refractivity contribution in [2.45, 2.75) is 32.3 Å². The highest BCUT2D eigenvalue weighted by atomic mass is 16.5. The first-order valence-corrected chi connectivity index (χ1v) is 9.08. The summed E-state index contributed by atoms with van der Waals surface area (Å²) >= 11 is 0. The van der Waals surface area contributed by atoms with Crippen LogP contribution in [0.15, 0.2) is 48.5 Å². The lowest BCUT2D eigenvalue weighted by Gasteiger charge is -2.13. The van der Waals surface area contributed by atoms with Gasteiger partial charge in [0.25, 0.3) is 0 Å². The van der Waals surface area contributed by atoms with E-state index in [9.17, 15) is 4.79 Å². The monoisotopic (exact) mass is 376 g/mol. The second kappa shape index (κ2) is 11.3. The van der Waals surface area contributed by atoms with Crippen LogP contribution >= 0.6 is 0 Å². The third-order valence-corrected chi connectivity index (χ3v) is 4.11. The van der Waals surface area contributed by atoms with E-state index in [-0.39, 0.29) is 18.2 Å². The van der Waals surface area contributed by atoms with Gasteiger partial charge in [0.1, 0.15) is 18.1 Å². The first kappa shape index (κ1) is 20.9. The molecule has 1 N–H and O–H groups in total. The minimum Gasteiger partial charge on any atom is -0.497 e. The summed E-state index contributed by atoms with van der Waals surface area (Å²) in [4.78, 5) is 12.0. The topological polar surface area (TPSA) is 71.4 Å². The van der Waals surface area contributed by atoms with Crippen LogP contribution < -0.4 is 14.8 Å². The summed E-state index contributed by atoms with van der Waals surface area (Å²) in [6, 6.07) is 17.4. The molecule has 28 heavy (non-hydrogen) atoms. The van der Waals surface area contributed by atoms with Crippen molar-refractivity contribution in [1.82, 2.24) is 5.32 Å². The maximum atomic E-state index is 12.0. The normalized spacial score (nSPS) is 10.8. The first-order valence-electron chi connectivity index (χ1n) is 9.08. The van der Waals surface area contributed by atoms with Crippen LogP contribution in [0.3, 0.4) is 0 Å². The number of nitriles is 1. The summed E-state index contributed by atoms with van der Waals surface area (Å²) in [7, 11) is 1.64. The van der Waals surface area contributed by atoms with Crippen molar-refractivity contribution in [3.63, 3.8) is 0 Å². The number of amides is 1. The minimum absolute atomic E-state index is 0.108. The molecule has 0 saturated heterocycles. The van der Waals surface area contributed by atoms with Gasteiger partial charge in [-0.15, -0.1) is 5.92 Å². The zero-order chi connectivity index (χ0) is 20.2. The van der Waals surface area contributed by atoms with Gasteiger partial charge in [-0.2, -0.15) is 5.26 Å². The van der Waals surface area contributed by atoms with Gasteiger partial charge in [-0.3, -0.25) is 4.79 Å². The van der Waals surface area contributed by atoms with Gasteiger partial charge in [-0.25, -0.2) is 0 Å². The predicted molar refractivity (Wildman–Crippen MR) is 108 cm³/mol. The van der Waals surface area contributed by atoms with Gasteiger partial charge in [-0.05, 0) is 42.3 Å². The summed E-state index contributed by atoms with van der Waals surface area (Å²) in [6.45, 7) is 2.58. The summed E-state index contributed by atoms with van der Waals surface area (Å²) in [6.07, 6.45) is 0.564. The highest BCUT2D eigenvalue weighted by Crippen LogP contribution is 2.23. The van der Waals surface area contributed by atoms with Gasteiger partial charge in [0.2, 0.25) is 5.91 Å². The van der Waals surface area contributed by atoms with Crippen LogP contribution in [-0.2, 0) is 11.4 Å². The minimum atomic E-state index is -0.192. The third kappa shape index (κ3) is 6.70. The van der Waals surface area contributed by atoms with Crippen molar-refractivity contribution < 1.29 is 14.3 Å². The Labute approximate surface area is 166 Å². The van der Waals surface area contributed by atoms with E-state index in [0.717, 1.165) is 22.6 Å². The molecular weight excluding hydrogens is 352 g/mol. The van der Waals surface area contributed by atoms with Crippen LogP contribution in [0, 0.1) is 23.2 Å². The Kier molecular flexibility index (Phi) is 8.43. The van der Waals surface area contributed by atoms with Crippen molar-refractivity contribution in [1.29, 1.82) is 5.26 Å². The quantitative estimate of drug-likeness (QED) is 0.534. The maximum absolute atomic E-state index is 12.0. The van der Waals surface area contributed by atoms with Crippen LogP contribution in [0.4, 0.5) is 0 Å². The number of nitrogens with zero attached hydrogens (tertiary/aromatic N) is 1. The zero-order valence-electron chi connectivity index (χ0n) is 16.2. The van der Waals surface area contributed by atoms with Crippen molar-refractivity contribution in [3.8, 4) is 29.4 Å². The number of hydrogen-bond acceptors (Lipinski definition) is 4. The van der Waals surface area contributed by atoms with E-state index in [4.69, 9.17) is 14.7 Å². The molecule has 0 aromatic heterocycles. The number of rotatable bonds is 9. The second-order valence-corrected chi connectivity index (χ2v) is 6.11. The second-order valence-electron chi connectivity index (χ2n) is 6.11. The summed E-state index contributed by atoms with van der Waals surface area (Å²) in [5, 5.41) is 11.3. The third-order valence-electron chi connectivity index (χ3n) is 4.11. The molecule has 1 atom stereocenters. The highest BCUT2D eigenvalue weighted by Gasteiger charge is 2.14. The molecule has 0 saturated carbocycles. The summed E-state index contributed by atoms with van der Waals surface area (Å²) < 4.78 is 11.0. The first-order chi connectivity index (χ1) is 13.7. The fourth-order valence-corrected chi connectivity index (χ4v) is 2.63. The molecule has 2 rings (SSSR count). The molecule has 0 aliphatic heterocycles. The molecule has 0 aliphatic carbocycles. The largest absolute Gasteiger partial charge is 0.497 e. The Bertz CT molecular complexity index is 856. The predicted octanol–water partition coefficient (Wildman–Crippen LogP) is 3.80. The number of ether oxygens (including phenoxy) is 2. The zero-order valence-corrected chi connectivity index (χ0v) is 16.2. The van der Waals surface area contributed by atoms with Crippen LogP contribution in [0.5, 0.6) is 11.5 Å². The molecule has 0 spiro atoms. The van der Waals surface area contributed by atoms with Gasteiger partial charge in [-0.1, -0.05) is 30.2 Å². The highest BCUT2D eigenvalue weighted by molar-refractivity contribution is 5.77. The van der Waals surface area contributed by atoms with E-state index < -0.39 is 0 Å². The lowest BCUT2D eigenvalue weighted by atomic mass is 9.95. The molecule has 0 unspecified atom stereocenters. The number of hydrogen-bond donors (Lipinski definition) is 1. The molecule has 144 valence electrons. The Morgan fingerprint density at radius 1 is 1.11 bits per heavy atom. The molecular formula is C23H24N2O3. The van der Waals surface area contributed by atoms with E-state index in [1.54, 1.807) is 14.0 Å². The number of methoxy groups -OCH3 is 1. The van der Waals surface area contributed by atoms with Crippen molar-refractivity contribution in [3.05, 3.63) is 59.7 Å². The number of carbonyl (C=O) groups is 1. The lowest BCUT2D eigenvalue weighted by molar-refractivity contribution is -0.121. The molecule has 0 heterocycles. The van der Waals surface area contributed by atoms with E-state index in [2.05, 4.69) is 17.2 Å². The van der Waals surface area contributed by atoms with E-state index in [1.165, 1.54) is 0 Å². The summed E-state index contributed by atoms with van der Waals surface area (Å²) in [5.74, 6) is 7.23. The van der Waals surface area contributed by atoms with E-state index >= 15 is 0 Å². The Morgan fingerprint density at radius 2 is 1.79 bits per heavy atom. The lowest BCUT2D eigenvalue weighted by Crippen LogP contribution is -2.25. The Hall–Kier alpha value is -3.44.